The number of nitrogens with zero attached hydrogens (tertiary/aromatic N) is 1. The molecule has 2 aromatic rings. The summed E-state index contributed by atoms with van der Waals surface area (Å²) in [7, 11) is 0. The van der Waals surface area contributed by atoms with Crippen molar-refractivity contribution in [2.24, 2.45) is 0 Å². The first-order chi connectivity index (χ1) is 9.47. The zero-order valence-electron chi connectivity index (χ0n) is 10.6. The highest BCUT2D eigenvalue weighted by Gasteiger charge is 2.11. The Morgan fingerprint density at radius 2 is 2.20 bits per heavy atom. The standard InChI is InChI=1S/C13H12N2O5/c1-8-2-3-10(15(18)19)5-12(8)14-6-11-4-9(7-20-11)13(16)17/h2-5,7,14H,6H2,1H3,(H,16,17). The number of nitro benzene ring substituents is 1. The number of hydrogen-bond donors (Lipinski definition) is 2. The molecule has 1 aromatic heterocycles. The van der Waals surface area contributed by atoms with Crippen LogP contribution >= 0.6 is 0 Å². The predicted molar refractivity (Wildman–Crippen MR) is 70.8 cm³/mol. The van der Waals surface area contributed by atoms with Crippen molar-refractivity contribution in [3.8, 4) is 0 Å². The van der Waals surface area contributed by atoms with E-state index in [0.717, 1.165) is 11.8 Å². The van der Waals surface area contributed by atoms with E-state index in [9.17, 15) is 14.9 Å². The monoisotopic (exact) mass is 276 g/mol. The number of rotatable bonds is 5. The lowest BCUT2D eigenvalue weighted by Gasteiger charge is -2.07. The predicted octanol–water partition coefficient (Wildman–Crippen LogP) is 2.81. The van der Waals surface area contributed by atoms with Crippen LogP contribution in [0.25, 0.3) is 0 Å². The lowest BCUT2D eigenvalue weighted by Crippen LogP contribution is -2.01. The van der Waals surface area contributed by atoms with E-state index < -0.39 is 10.9 Å². The van der Waals surface area contributed by atoms with Crippen LogP contribution in [0.1, 0.15) is 21.7 Å². The van der Waals surface area contributed by atoms with Crippen molar-refractivity contribution in [2.75, 3.05) is 5.32 Å². The van der Waals surface area contributed by atoms with E-state index >= 15 is 0 Å². The van der Waals surface area contributed by atoms with Crippen LogP contribution in [-0.2, 0) is 6.54 Å². The van der Waals surface area contributed by atoms with Gasteiger partial charge in [0.2, 0.25) is 0 Å². The maximum absolute atomic E-state index is 10.7. The summed E-state index contributed by atoms with van der Waals surface area (Å²) in [5, 5.41) is 22.5. The van der Waals surface area contributed by atoms with Gasteiger partial charge in [-0.05, 0) is 18.6 Å². The summed E-state index contributed by atoms with van der Waals surface area (Å²) in [4.78, 5) is 20.9. The number of nitro groups is 1. The molecule has 20 heavy (non-hydrogen) atoms. The van der Waals surface area contributed by atoms with Crippen molar-refractivity contribution in [1.29, 1.82) is 0 Å². The third-order valence-corrected chi connectivity index (χ3v) is 2.79. The van der Waals surface area contributed by atoms with E-state index in [1.165, 1.54) is 18.2 Å². The van der Waals surface area contributed by atoms with Crippen LogP contribution < -0.4 is 5.32 Å². The fourth-order valence-electron chi connectivity index (χ4n) is 1.68. The Balaban J connectivity index is 2.11. The smallest absolute Gasteiger partial charge is 0.338 e. The molecule has 0 amide bonds. The lowest BCUT2D eigenvalue weighted by atomic mass is 10.2. The second kappa shape index (κ2) is 5.43. The minimum Gasteiger partial charge on any atom is -0.478 e. The first-order valence-electron chi connectivity index (χ1n) is 5.77. The molecule has 2 N–H and O–H groups in total. The van der Waals surface area contributed by atoms with Crippen LogP contribution in [0.3, 0.4) is 0 Å². The summed E-state index contributed by atoms with van der Waals surface area (Å²) in [6.07, 6.45) is 1.15. The number of benzene rings is 1. The minimum atomic E-state index is -1.06. The molecule has 0 bridgehead atoms. The quantitative estimate of drug-likeness (QED) is 0.642. The van der Waals surface area contributed by atoms with Gasteiger partial charge in [-0.1, -0.05) is 6.07 Å². The maximum atomic E-state index is 10.7. The molecule has 0 saturated carbocycles. The van der Waals surface area contributed by atoms with Crippen molar-refractivity contribution < 1.29 is 19.2 Å². The highest BCUT2D eigenvalue weighted by molar-refractivity contribution is 5.87. The van der Waals surface area contributed by atoms with Crippen LogP contribution in [0.4, 0.5) is 11.4 Å². The number of anilines is 1. The molecule has 1 aromatic carbocycles. The highest BCUT2D eigenvalue weighted by Crippen LogP contribution is 2.22. The largest absolute Gasteiger partial charge is 0.478 e. The Morgan fingerprint density at radius 3 is 2.80 bits per heavy atom. The summed E-state index contributed by atoms with van der Waals surface area (Å²) >= 11 is 0. The first-order valence-corrected chi connectivity index (χ1v) is 5.77. The summed E-state index contributed by atoms with van der Waals surface area (Å²) < 4.78 is 5.09. The van der Waals surface area contributed by atoms with E-state index in [-0.39, 0.29) is 17.8 Å². The molecule has 0 saturated heterocycles. The Morgan fingerprint density at radius 1 is 1.45 bits per heavy atom. The van der Waals surface area contributed by atoms with Crippen molar-refractivity contribution in [1.82, 2.24) is 0 Å². The van der Waals surface area contributed by atoms with Crippen LogP contribution in [0.15, 0.2) is 34.9 Å². The number of non-ortho nitro benzene ring substituents is 1. The Hall–Kier alpha value is -2.83. The zero-order valence-corrected chi connectivity index (χ0v) is 10.6. The topological polar surface area (TPSA) is 106 Å². The minimum absolute atomic E-state index is 0.0104. The molecule has 0 aliphatic heterocycles. The van der Waals surface area contributed by atoms with Gasteiger partial charge in [0.15, 0.2) is 0 Å². The number of nitrogens with one attached hydrogen (secondary N) is 1. The lowest BCUT2D eigenvalue weighted by molar-refractivity contribution is -0.384. The van der Waals surface area contributed by atoms with Gasteiger partial charge in [0.05, 0.1) is 17.0 Å². The van der Waals surface area contributed by atoms with Gasteiger partial charge in [-0.2, -0.15) is 0 Å². The Bertz CT molecular complexity index is 663. The van der Waals surface area contributed by atoms with Gasteiger partial charge in [-0.15, -0.1) is 0 Å². The average Bonchev–Trinajstić information content (AvgIpc) is 2.86. The molecule has 7 nitrogen and oxygen atoms in total. The highest BCUT2D eigenvalue weighted by atomic mass is 16.6. The molecule has 0 atom stereocenters. The van der Waals surface area contributed by atoms with E-state index in [1.54, 1.807) is 6.07 Å². The molecule has 7 heteroatoms. The molecule has 0 aliphatic carbocycles. The number of furan rings is 1. The number of aromatic carboxylic acids is 1. The summed E-state index contributed by atoms with van der Waals surface area (Å²) in [5.74, 6) is -0.625. The molecule has 0 radical (unpaired) electrons. The van der Waals surface area contributed by atoms with E-state index in [1.807, 2.05) is 6.92 Å². The molecular formula is C13H12N2O5. The number of hydrogen-bond acceptors (Lipinski definition) is 5. The first kappa shape index (κ1) is 13.6. The van der Waals surface area contributed by atoms with Gasteiger partial charge in [-0.3, -0.25) is 10.1 Å². The second-order valence-corrected chi connectivity index (χ2v) is 4.22. The number of aryl methyl sites for hydroxylation is 1. The molecule has 1 heterocycles. The van der Waals surface area contributed by atoms with Gasteiger partial charge in [0, 0.05) is 17.8 Å². The van der Waals surface area contributed by atoms with Crippen LogP contribution in [0, 0.1) is 17.0 Å². The van der Waals surface area contributed by atoms with E-state index in [4.69, 9.17) is 9.52 Å². The number of carboxylic acids is 1. The van der Waals surface area contributed by atoms with Gasteiger partial charge in [-0.25, -0.2) is 4.79 Å². The Kier molecular flexibility index (Phi) is 3.69. The van der Waals surface area contributed by atoms with Crippen molar-refractivity contribution in [2.45, 2.75) is 13.5 Å². The molecular weight excluding hydrogens is 264 g/mol. The summed E-state index contributed by atoms with van der Waals surface area (Å²) in [6, 6.07) is 5.90. The third-order valence-electron chi connectivity index (χ3n) is 2.79. The molecule has 0 fully saturated rings. The fraction of sp³-hybridized carbons (Fsp3) is 0.154. The summed E-state index contributed by atoms with van der Waals surface area (Å²) in [6.45, 7) is 2.06. The van der Waals surface area contributed by atoms with Gasteiger partial charge >= 0.3 is 5.97 Å². The van der Waals surface area contributed by atoms with Crippen LogP contribution in [0.2, 0.25) is 0 Å². The zero-order chi connectivity index (χ0) is 14.7. The summed E-state index contributed by atoms with van der Waals surface area (Å²) in [5.41, 5.74) is 1.51. The van der Waals surface area contributed by atoms with Crippen molar-refractivity contribution >= 4 is 17.3 Å². The molecule has 0 spiro atoms. The van der Waals surface area contributed by atoms with E-state index in [0.29, 0.717) is 11.4 Å². The van der Waals surface area contributed by atoms with Crippen molar-refractivity contribution in [3.05, 3.63) is 57.5 Å². The molecule has 104 valence electrons. The Labute approximate surface area is 114 Å². The fourth-order valence-corrected chi connectivity index (χ4v) is 1.68. The van der Waals surface area contributed by atoms with Gasteiger partial charge in [0.1, 0.15) is 12.0 Å². The molecule has 0 unspecified atom stereocenters. The van der Waals surface area contributed by atoms with Gasteiger partial charge in [0.25, 0.3) is 5.69 Å². The SMILES string of the molecule is Cc1ccc([N+](=O)[O-])cc1NCc1cc(C(=O)O)co1. The van der Waals surface area contributed by atoms with Gasteiger partial charge < -0.3 is 14.8 Å². The molecule has 0 aliphatic rings. The third kappa shape index (κ3) is 2.94. The van der Waals surface area contributed by atoms with Crippen LogP contribution in [0.5, 0.6) is 0 Å². The maximum Gasteiger partial charge on any atom is 0.338 e. The van der Waals surface area contributed by atoms with Crippen molar-refractivity contribution in [3.63, 3.8) is 0 Å². The van der Waals surface area contributed by atoms with Crippen LogP contribution in [-0.4, -0.2) is 16.0 Å². The normalized spacial score (nSPS) is 10.2. The number of carboxylic acid groups (broad SMARTS) is 1. The second-order valence-electron chi connectivity index (χ2n) is 4.22. The average molecular weight is 276 g/mol. The van der Waals surface area contributed by atoms with E-state index in [2.05, 4.69) is 5.32 Å². The molecule has 2 rings (SSSR count). The number of carbonyl (C=O) groups is 1.